The van der Waals surface area contributed by atoms with E-state index in [4.69, 9.17) is 5.73 Å². The minimum absolute atomic E-state index is 0.0989. The van der Waals surface area contributed by atoms with E-state index in [2.05, 4.69) is 22.0 Å². The van der Waals surface area contributed by atoms with E-state index in [9.17, 15) is 13.6 Å². The van der Waals surface area contributed by atoms with Gasteiger partial charge >= 0.3 is 0 Å². The van der Waals surface area contributed by atoms with E-state index in [1.165, 1.54) is 0 Å². The number of thiazole rings is 1. The molecule has 1 fully saturated rings. The molecule has 0 spiro atoms. The van der Waals surface area contributed by atoms with Crippen LogP contribution in [0.15, 0.2) is 37.2 Å². The number of halogens is 2. The van der Waals surface area contributed by atoms with E-state index < -0.39 is 23.9 Å². The van der Waals surface area contributed by atoms with Crippen molar-refractivity contribution in [3.05, 3.63) is 47.1 Å². The lowest BCUT2D eigenvalue weighted by atomic mass is 9.87. The molecule has 0 radical (unpaired) electrons. The standard InChI is InChI=1S/C20H21F2N5OS/c1-11(2)16-15(12-10-24-27-9-4-3-7-14(12)27)25-19(29-16)18(28)26-17-13(23)6-5-8-20(17,21)22/h3-4,7,9-10,13,17H,1,5-6,8,23H2,2H3,(H,26,28)/t13-,17+/m0/s1. The number of nitrogens with two attached hydrogens (primary N) is 1. The molecule has 152 valence electrons. The zero-order valence-electron chi connectivity index (χ0n) is 15.9. The summed E-state index contributed by atoms with van der Waals surface area (Å²) in [7, 11) is 0. The number of carbonyl (C=O) groups is 1. The Morgan fingerprint density at radius 3 is 2.97 bits per heavy atom. The Hall–Kier alpha value is -2.65. The van der Waals surface area contributed by atoms with Crippen LogP contribution in [0.4, 0.5) is 8.78 Å². The lowest BCUT2D eigenvalue weighted by molar-refractivity contribution is -0.0674. The largest absolute Gasteiger partial charge is 0.340 e. The number of amides is 1. The second-order valence-corrected chi connectivity index (χ2v) is 8.33. The van der Waals surface area contributed by atoms with Gasteiger partial charge in [0.05, 0.1) is 22.3 Å². The summed E-state index contributed by atoms with van der Waals surface area (Å²) in [4.78, 5) is 18.0. The lowest BCUT2D eigenvalue weighted by Crippen LogP contribution is -2.59. The summed E-state index contributed by atoms with van der Waals surface area (Å²) in [5, 5.41) is 6.83. The van der Waals surface area contributed by atoms with Crippen molar-refractivity contribution in [2.24, 2.45) is 5.73 Å². The van der Waals surface area contributed by atoms with Gasteiger partial charge in [-0.05, 0) is 37.5 Å². The van der Waals surface area contributed by atoms with Crippen molar-refractivity contribution in [3.63, 3.8) is 0 Å². The fourth-order valence-electron chi connectivity index (χ4n) is 3.63. The number of nitrogens with one attached hydrogen (secondary N) is 1. The first-order valence-corrected chi connectivity index (χ1v) is 10.1. The van der Waals surface area contributed by atoms with E-state index in [-0.39, 0.29) is 11.4 Å². The lowest BCUT2D eigenvalue weighted by Gasteiger charge is -2.36. The number of aromatic nitrogens is 3. The van der Waals surface area contributed by atoms with E-state index in [1.807, 2.05) is 31.3 Å². The Morgan fingerprint density at radius 1 is 1.45 bits per heavy atom. The van der Waals surface area contributed by atoms with E-state index in [0.717, 1.165) is 28.0 Å². The predicted molar refractivity (Wildman–Crippen MR) is 109 cm³/mol. The van der Waals surface area contributed by atoms with Gasteiger partial charge in [-0.15, -0.1) is 11.3 Å². The highest BCUT2D eigenvalue weighted by atomic mass is 32.1. The van der Waals surface area contributed by atoms with Gasteiger partial charge < -0.3 is 11.1 Å². The molecule has 3 heterocycles. The van der Waals surface area contributed by atoms with Crippen LogP contribution in [-0.2, 0) is 0 Å². The molecule has 0 aromatic carbocycles. The van der Waals surface area contributed by atoms with Gasteiger partial charge in [0.1, 0.15) is 6.04 Å². The normalized spacial score (nSPS) is 21.2. The quantitative estimate of drug-likeness (QED) is 0.677. The Bertz CT molecular complexity index is 1090. The molecule has 0 unspecified atom stereocenters. The Morgan fingerprint density at radius 2 is 2.24 bits per heavy atom. The number of allylic oxidation sites excluding steroid dienone is 1. The van der Waals surface area contributed by atoms with Crippen molar-refractivity contribution in [1.29, 1.82) is 0 Å². The molecule has 9 heteroatoms. The van der Waals surface area contributed by atoms with Crippen LogP contribution in [-0.4, -0.2) is 38.5 Å². The summed E-state index contributed by atoms with van der Waals surface area (Å²) < 4.78 is 30.2. The first-order valence-electron chi connectivity index (χ1n) is 9.31. The fourth-order valence-corrected chi connectivity index (χ4v) is 4.54. The molecule has 0 bridgehead atoms. The number of hydrogen-bond acceptors (Lipinski definition) is 5. The monoisotopic (exact) mass is 417 g/mol. The molecule has 29 heavy (non-hydrogen) atoms. The number of pyridine rings is 1. The molecule has 2 atom stereocenters. The number of fused-ring (bicyclic) bond motifs is 1. The van der Waals surface area contributed by atoms with E-state index in [0.29, 0.717) is 23.4 Å². The molecule has 3 N–H and O–H groups in total. The third kappa shape index (κ3) is 3.56. The van der Waals surface area contributed by atoms with E-state index in [1.54, 1.807) is 10.7 Å². The number of rotatable bonds is 4. The van der Waals surface area contributed by atoms with Crippen LogP contribution in [0.5, 0.6) is 0 Å². The second kappa shape index (κ2) is 7.31. The average molecular weight is 417 g/mol. The smallest absolute Gasteiger partial charge is 0.280 e. The van der Waals surface area contributed by atoms with Crippen LogP contribution in [0.25, 0.3) is 22.3 Å². The van der Waals surface area contributed by atoms with Crippen molar-refractivity contribution in [1.82, 2.24) is 19.9 Å². The summed E-state index contributed by atoms with van der Waals surface area (Å²) in [6.07, 6.45) is 3.99. The zero-order chi connectivity index (χ0) is 20.8. The molecule has 1 amide bonds. The van der Waals surface area contributed by atoms with Crippen LogP contribution in [0, 0.1) is 0 Å². The summed E-state index contributed by atoms with van der Waals surface area (Å²) in [5.41, 5.74) is 8.73. The maximum atomic E-state index is 14.3. The minimum atomic E-state index is -3.03. The Kier molecular flexibility index (Phi) is 4.95. The third-order valence-electron chi connectivity index (χ3n) is 5.11. The zero-order valence-corrected chi connectivity index (χ0v) is 16.7. The average Bonchev–Trinajstić information content (AvgIpc) is 3.28. The third-order valence-corrected chi connectivity index (χ3v) is 6.32. The molecular weight excluding hydrogens is 396 g/mol. The van der Waals surface area contributed by atoms with Crippen LogP contribution < -0.4 is 11.1 Å². The van der Waals surface area contributed by atoms with Crippen LogP contribution in [0.2, 0.25) is 0 Å². The number of hydrogen-bond donors (Lipinski definition) is 2. The van der Waals surface area contributed by atoms with Gasteiger partial charge in [-0.25, -0.2) is 18.3 Å². The highest BCUT2D eigenvalue weighted by Crippen LogP contribution is 2.36. The van der Waals surface area contributed by atoms with Gasteiger partial charge in [0.15, 0.2) is 5.01 Å². The molecule has 6 nitrogen and oxygen atoms in total. The van der Waals surface area contributed by atoms with Crippen molar-refractivity contribution in [3.8, 4) is 11.3 Å². The maximum absolute atomic E-state index is 14.3. The minimum Gasteiger partial charge on any atom is -0.340 e. The van der Waals surface area contributed by atoms with Gasteiger partial charge in [-0.3, -0.25) is 4.79 Å². The van der Waals surface area contributed by atoms with Crippen molar-refractivity contribution in [2.45, 2.75) is 44.2 Å². The molecule has 3 aromatic rings. The topological polar surface area (TPSA) is 85.3 Å². The van der Waals surface area contributed by atoms with Crippen LogP contribution >= 0.6 is 11.3 Å². The van der Waals surface area contributed by atoms with Gasteiger partial charge in [0.25, 0.3) is 11.8 Å². The predicted octanol–water partition coefficient (Wildman–Crippen LogP) is 3.74. The van der Waals surface area contributed by atoms with Gasteiger partial charge in [-0.1, -0.05) is 12.6 Å². The summed E-state index contributed by atoms with van der Waals surface area (Å²) in [6, 6.07) is 3.44. The molecule has 3 aromatic heterocycles. The van der Waals surface area contributed by atoms with Crippen molar-refractivity contribution in [2.75, 3.05) is 0 Å². The van der Waals surface area contributed by atoms with Crippen molar-refractivity contribution >= 4 is 28.3 Å². The van der Waals surface area contributed by atoms with Gasteiger partial charge in [0, 0.05) is 24.2 Å². The van der Waals surface area contributed by atoms with Gasteiger partial charge in [0.2, 0.25) is 0 Å². The highest BCUT2D eigenvalue weighted by molar-refractivity contribution is 7.15. The van der Waals surface area contributed by atoms with Crippen molar-refractivity contribution < 1.29 is 13.6 Å². The molecule has 1 aliphatic rings. The molecule has 0 aliphatic heterocycles. The first-order chi connectivity index (χ1) is 13.8. The second-order valence-electron chi connectivity index (χ2n) is 7.33. The number of carbonyl (C=O) groups excluding carboxylic acids is 1. The van der Waals surface area contributed by atoms with Crippen LogP contribution in [0.3, 0.4) is 0 Å². The Labute approximate surface area is 170 Å². The number of nitrogens with zero attached hydrogens (tertiary/aromatic N) is 3. The van der Waals surface area contributed by atoms with Crippen LogP contribution in [0.1, 0.15) is 40.9 Å². The maximum Gasteiger partial charge on any atom is 0.280 e. The number of alkyl halides is 2. The summed E-state index contributed by atoms with van der Waals surface area (Å²) in [6.45, 7) is 5.79. The summed E-state index contributed by atoms with van der Waals surface area (Å²) in [5.74, 6) is -3.69. The molecule has 1 saturated carbocycles. The molecular formula is C20H21F2N5OS. The molecule has 0 saturated heterocycles. The fraction of sp³-hybridized carbons (Fsp3) is 0.350. The first kappa shape index (κ1) is 19.7. The summed E-state index contributed by atoms with van der Waals surface area (Å²) >= 11 is 1.13. The van der Waals surface area contributed by atoms with Gasteiger partial charge in [-0.2, -0.15) is 5.10 Å². The van der Waals surface area contributed by atoms with E-state index >= 15 is 0 Å². The SMILES string of the molecule is C=C(C)c1sc(C(=O)N[C@@H]2[C@@H](N)CCCC2(F)F)nc1-c1cnn2ccccc12. The molecule has 1 aliphatic carbocycles. The Balaban J connectivity index is 1.70. The molecule has 4 rings (SSSR count). The highest BCUT2D eigenvalue weighted by Gasteiger charge is 2.46.